The lowest BCUT2D eigenvalue weighted by Gasteiger charge is -2.11. The maximum atomic E-state index is 12.2. The Balaban J connectivity index is 1.84. The molecule has 0 saturated carbocycles. The van der Waals surface area contributed by atoms with Crippen LogP contribution in [0.5, 0.6) is 0 Å². The van der Waals surface area contributed by atoms with Crippen molar-refractivity contribution in [1.29, 1.82) is 0 Å². The number of carboxylic acid groups (broad SMARTS) is 1. The van der Waals surface area contributed by atoms with Crippen LogP contribution in [-0.4, -0.2) is 27.8 Å². The first-order chi connectivity index (χ1) is 13.8. The number of rotatable bonds is 5. The third-order valence-corrected chi connectivity index (χ3v) is 5.37. The van der Waals surface area contributed by atoms with Gasteiger partial charge in [-0.2, -0.15) is 5.10 Å². The smallest absolute Gasteiger partial charge is 0.337 e. The molecule has 148 valence electrons. The lowest BCUT2D eigenvalue weighted by Crippen LogP contribution is -2.17. The van der Waals surface area contributed by atoms with Crippen molar-refractivity contribution in [2.45, 2.75) is 13.8 Å². The summed E-state index contributed by atoms with van der Waals surface area (Å²) < 4.78 is 2.87. The van der Waals surface area contributed by atoms with Gasteiger partial charge in [0.1, 0.15) is 0 Å². The number of carboxylic acids is 1. The molecule has 0 atom stereocenters. The molecule has 0 saturated heterocycles. The van der Waals surface area contributed by atoms with Crippen LogP contribution in [0.3, 0.4) is 0 Å². The number of halogens is 2. The monoisotopic (exact) mass is 521 g/mol. The lowest BCUT2D eigenvalue weighted by molar-refractivity contribution is 0.0696. The number of nitrogens with one attached hydrogen (secondary N) is 1. The number of nitrogens with zero attached hydrogens (tertiary/aromatic N) is 2. The molecule has 2 N–H and O–H groups in total. The largest absolute Gasteiger partial charge is 0.478 e. The molecular formula is C21H17ClIN3O3. The van der Waals surface area contributed by atoms with E-state index in [0.717, 1.165) is 20.5 Å². The standard InChI is InChI=1S/C21H17ClIN3O3/c1-12-8-15(11-24-25-20(27)14-4-3-5-16(23)9-14)13(2)26(12)17-6-7-19(22)18(10-17)21(28)29/h3-11H,1-2H3,(H,25,27)(H,28,29)/b24-11-. The van der Waals surface area contributed by atoms with Crippen molar-refractivity contribution in [1.82, 2.24) is 9.99 Å². The van der Waals surface area contributed by atoms with Crippen LogP contribution in [0, 0.1) is 17.4 Å². The molecule has 0 aliphatic carbocycles. The molecule has 3 aromatic rings. The van der Waals surface area contributed by atoms with Gasteiger partial charge in [-0.15, -0.1) is 0 Å². The van der Waals surface area contributed by atoms with Crippen molar-refractivity contribution in [3.8, 4) is 5.69 Å². The van der Waals surface area contributed by atoms with Gasteiger partial charge in [-0.05, 0) is 78.9 Å². The van der Waals surface area contributed by atoms with Crippen LogP contribution in [0.25, 0.3) is 5.69 Å². The van der Waals surface area contributed by atoms with Crippen molar-refractivity contribution < 1.29 is 14.7 Å². The fraction of sp³-hybridized carbons (Fsp3) is 0.0952. The number of aromatic carboxylic acids is 1. The molecule has 29 heavy (non-hydrogen) atoms. The molecule has 3 rings (SSSR count). The number of amides is 1. The Morgan fingerprint density at radius 1 is 1.17 bits per heavy atom. The summed E-state index contributed by atoms with van der Waals surface area (Å²) in [4.78, 5) is 23.6. The minimum absolute atomic E-state index is 0.0386. The quantitative estimate of drug-likeness (QED) is 0.287. The van der Waals surface area contributed by atoms with E-state index in [1.807, 2.05) is 36.6 Å². The predicted octanol–water partition coefficient (Wildman–Crippen LogP) is 4.81. The van der Waals surface area contributed by atoms with E-state index in [4.69, 9.17) is 11.6 Å². The van der Waals surface area contributed by atoms with E-state index in [2.05, 4.69) is 33.1 Å². The first-order valence-corrected chi connectivity index (χ1v) is 10.0. The Morgan fingerprint density at radius 3 is 2.62 bits per heavy atom. The Hall–Kier alpha value is -2.65. The minimum Gasteiger partial charge on any atom is -0.478 e. The third-order valence-electron chi connectivity index (χ3n) is 4.37. The van der Waals surface area contributed by atoms with Crippen LogP contribution in [-0.2, 0) is 0 Å². The van der Waals surface area contributed by atoms with Gasteiger partial charge in [0.2, 0.25) is 0 Å². The zero-order chi connectivity index (χ0) is 21.1. The predicted molar refractivity (Wildman–Crippen MR) is 121 cm³/mol. The van der Waals surface area contributed by atoms with E-state index in [1.54, 1.807) is 30.5 Å². The van der Waals surface area contributed by atoms with Gasteiger partial charge < -0.3 is 9.67 Å². The molecule has 0 aliphatic rings. The molecule has 2 aromatic carbocycles. The van der Waals surface area contributed by atoms with E-state index >= 15 is 0 Å². The number of aryl methyl sites for hydroxylation is 1. The van der Waals surface area contributed by atoms with Gasteiger partial charge in [0, 0.05) is 31.8 Å². The number of carbonyl (C=O) groups excluding carboxylic acids is 1. The number of hydrogen-bond acceptors (Lipinski definition) is 3. The van der Waals surface area contributed by atoms with Gasteiger partial charge in [0.05, 0.1) is 16.8 Å². The number of hydrogen-bond donors (Lipinski definition) is 2. The second-order valence-corrected chi connectivity index (χ2v) is 7.99. The van der Waals surface area contributed by atoms with E-state index in [0.29, 0.717) is 11.3 Å². The number of aromatic nitrogens is 1. The van der Waals surface area contributed by atoms with E-state index in [9.17, 15) is 14.7 Å². The van der Waals surface area contributed by atoms with Crippen molar-refractivity contribution in [3.05, 3.63) is 85.2 Å². The summed E-state index contributed by atoms with van der Waals surface area (Å²) in [5.41, 5.74) is 6.33. The van der Waals surface area contributed by atoms with Crippen molar-refractivity contribution in [2.24, 2.45) is 5.10 Å². The van der Waals surface area contributed by atoms with E-state index in [1.165, 1.54) is 6.07 Å². The summed E-state index contributed by atoms with van der Waals surface area (Å²) in [5.74, 6) is -1.38. The molecule has 0 bridgehead atoms. The first-order valence-electron chi connectivity index (χ1n) is 8.59. The maximum absolute atomic E-state index is 12.2. The molecule has 0 radical (unpaired) electrons. The molecular weight excluding hydrogens is 505 g/mol. The van der Waals surface area contributed by atoms with Gasteiger partial charge in [0.15, 0.2) is 0 Å². The Bertz CT molecular complexity index is 1140. The van der Waals surface area contributed by atoms with E-state index < -0.39 is 5.97 Å². The summed E-state index contributed by atoms with van der Waals surface area (Å²) in [6.07, 6.45) is 1.57. The highest BCUT2D eigenvalue weighted by molar-refractivity contribution is 14.1. The fourth-order valence-corrected chi connectivity index (χ4v) is 3.73. The van der Waals surface area contributed by atoms with Gasteiger partial charge in [-0.3, -0.25) is 4.79 Å². The van der Waals surface area contributed by atoms with Crippen LogP contribution < -0.4 is 5.43 Å². The molecule has 0 unspecified atom stereocenters. The second kappa shape index (κ2) is 8.79. The summed E-state index contributed by atoms with van der Waals surface area (Å²) >= 11 is 8.11. The third kappa shape index (κ3) is 4.68. The first kappa shape index (κ1) is 21.1. The summed E-state index contributed by atoms with van der Waals surface area (Å²) in [7, 11) is 0. The highest BCUT2D eigenvalue weighted by atomic mass is 127. The Morgan fingerprint density at radius 2 is 1.93 bits per heavy atom. The molecule has 8 heteroatoms. The fourth-order valence-electron chi connectivity index (χ4n) is 2.99. The minimum atomic E-state index is -1.08. The molecule has 0 fully saturated rings. The van der Waals surface area contributed by atoms with Gasteiger partial charge >= 0.3 is 5.97 Å². The van der Waals surface area contributed by atoms with Crippen LogP contribution >= 0.6 is 34.2 Å². The van der Waals surface area contributed by atoms with Crippen LogP contribution in [0.15, 0.2) is 53.6 Å². The molecule has 1 heterocycles. The van der Waals surface area contributed by atoms with Crippen molar-refractivity contribution in [3.63, 3.8) is 0 Å². The highest BCUT2D eigenvalue weighted by Crippen LogP contribution is 2.24. The molecule has 0 spiro atoms. The Labute approximate surface area is 186 Å². The van der Waals surface area contributed by atoms with Gasteiger partial charge in [-0.25, -0.2) is 10.2 Å². The summed E-state index contributed by atoms with van der Waals surface area (Å²) in [5, 5.41) is 13.5. The topological polar surface area (TPSA) is 83.7 Å². The van der Waals surface area contributed by atoms with Crippen LogP contribution in [0.1, 0.15) is 37.7 Å². The van der Waals surface area contributed by atoms with Crippen molar-refractivity contribution in [2.75, 3.05) is 0 Å². The van der Waals surface area contributed by atoms with Crippen molar-refractivity contribution >= 4 is 52.3 Å². The SMILES string of the molecule is Cc1cc(/C=N\NC(=O)c2cccc(I)c2)c(C)n1-c1ccc(Cl)c(C(=O)O)c1. The Kier molecular flexibility index (Phi) is 6.39. The highest BCUT2D eigenvalue weighted by Gasteiger charge is 2.14. The maximum Gasteiger partial charge on any atom is 0.337 e. The normalized spacial score (nSPS) is 11.0. The average molecular weight is 522 g/mol. The van der Waals surface area contributed by atoms with Gasteiger partial charge in [-0.1, -0.05) is 17.7 Å². The molecule has 6 nitrogen and oxygen atoms in total. The van der Waals surface area contributed by atoms with Gasteiger partial charge in [0.25, 0.3) is 5.91 Å². The lowest BCUT2D eigenvalue weighted by atomic mass is 10.2. The van der Waals surface area contributed by atoms with Crippen LogP contribution in [0.2, 0.25) is 5.02 Å². The average Bonchev–Trinajstić information content (AvgIpc) is 2.95. The van der Waals surface area contributed by atoms with Crippen LogP contribution in [0.4, 0.5) is 0 Å². The second-order valence-electron chi connectivity index (χ2n) is 6.34. The summed E-state index contributed by atoms with van der Waals surface area (Å²) in [6, 6.07) is 14.0. The number of carbonyl (C=O) groups is 2. The number of benzene rings is 2. The molecule has 1 aromatic heterocycles. The summed E-state index contributed by atoms with van der Waals surface area (Å²) in [6.45, 7) is 3.80. The molecule has 0 aliphatic heterocycles. The zero-order valence-corrected chi connectivity index (χ0v) is 18.5. The number of hydrazone groups is 1. The zero-order valence-electron chi connectivity index (χ0n) is 15.6. The molecule has 1 amide bonds. The van der Waals surface area contributed by atoms with E-state index in [-0.39, 0.29) is 16.5 Å².